The molecule has 21 heavy (non-hydrogen) atoms. The van der Waals surface area contributed by atoms with Gasteiger partial charge in [-0.1, -0.05) is 0 Å². The van der Waals surface area contributed by atoms with Crippen molar-refractivity contribution >= 4 is 15.7 Å². The SMILES string of the molecule is Cc1cc(N)cc(S(=O)(=O)NC(C)CCc2ccco2)c1. The van der Waals surface area contributed by atoms with Gasteiger partial charge >= 0.3 is 0 Å². The second-order valence-corrected chi connectivity index (χ2v) is 6.93. The molecule has 0 aliphatic carbocycles. The summed E-state index contributed by atoms with van der Waals surface area (Å²) in [6, 6.07) is 8.32. The number of nitrogens with two attached hydrogens (primary N) is 1. The molecular weight excluding hydrogens is 288 g/mol. The third-order valence-electron chi connectivity index (χ3n) is 3.14. The fourth-order valence-electron chi connectivity index (χ4n) is 2.14. The van der Waals surface area contributed by atoms with Crippen molar-refractivity contribution in [3.63, 3.8) is 0 Å². The van der Waals surface area contributed by atoms with Gasteiger partial charge in [0, 0.05) is 18.2 Å². The first-order valence-corrected chi connectivity index (χ1v) is 8.27. The number of hydrogen-bond acceptors (Lipinski definition) is 4. The monoisotopic (exact) mass is 308 g/mol. The maximum Gasteiger partial charge on any atom is 0.240 e. The van der Waals surface area contributed by atoms with Crippen LogP contribution in [0.2, 0.25) is 0 Å². The zero-order valence-electron chi connectivity index (χ0n) is 12.2. The van der Waals surface area contributed by atoms with Gasteiger partial charge in [-0.05, 0) is 56.2 Å². The van der Waals surface area contributed by atoms with Gasteiger partial charge in [0.05, 0.1) is 11.2 Å². The Hall–Kier alpha value is -1.79. The predicted molar refractivity (Wildman–Crippen MR) is 82.4 cm³/mol. The highest BCUT2D eigenvalue weighted by atomic mass is 32.2. The normalized spacial score (nSPS) is 13.2. The van der Waals surface area contributed by atoms with E-state index in [0.29, 0.717) is 18.5 Å². The molecule has 0 bridgehead atoms. The molecule has 5 nitrogen and oxygen atoms in total. The first-order valence-electron chi connectivity index (χ1n) is 6.79. The van der Waals surface area contributed by atoms with Crippen LogP contribution in [0.1, 0.15) is 24.7 Å². The molecule has 0 aliphatic heterocycles. The van der Waals surface area contributed by atoms with Crippen molar-refractivity contribution in [3.05, 3.63) is 47.9 Å². The number of hydrogen-bond donors (Lipinski definition) is 2. The second-order valence-electron chi connectivity index (χ2n) is 5.22. The summed E-state index contributed by atoms with van der Waals surface area (Å²) in [7, 11) is -3.56. The number of furan rings is 1. The summed E-state index contributed by atoms with van der Waals surface area (Å²) in [6.45, 7) is 3.65. The van der Waals surface area contributed by atoms with Crippen LogP contribution < -0.4 is 10.5 Å². The van der Waals surface area contributed by atoms with Gasteiger partial charge in [-0.3, -0.25) is 0 Å². The number of nitrogens with one attached hydrogen (secondary N) is 1. The molecular formula is C15H20N2O3S. The second kappa shape index (κ2) is 6.32. The highest BCUT2D eigenvalue weighted by Crippen LogP contribution is 2.17. The van der Waals surface area contributed by atoms with Gasteiger partial charge in [0.15, 0.2) is 0 Å². The molecule has 6 heteroatoms. The van der Waals surface area contributed by atoms with Crippen LogP contribution in [0.15, 0.2) is 45.9 Å². The summed E-state index contributed by atoms with van der Waals surface area (Å²) >= 11 is 0. The van der Waals surface area contributed by atoms with E-state index in [-0.39, 0.29) is 10.9 Å². The first kappa shape index (κ1) is 15.6. The fourth-order valence-corrected chi connectivity index (χ4v) is 3.55. The van der Waals surface area contributed by atoms with E-state index in [0.717, 1.165) is 11.3 Å². The van der Waals surface area contributed by atoms with E-state index in [4.69, 9.17) is 10.2 Å². The van der Waals surface area contributed by atoms with Gasteiger partial charge in [0.1, 0.15) is 5.76 Å². The summed E-state index contributed by atoms with van der Waals surface area (Å²) in [4.78, 5) is 0.199. The van der Waals surface area contributed by atoms with E-state index < -0.39 is 10.0 Å². The fraction of sp³-hybridized carbons (Fsp3) is 0.333. The largest absolute Gasteiger partial charge is 0.469 e. The number of rotatable bonds is 6. The molecule has 2 aromatic rings. The molecule has 0 amide bonds. The van der Waals surface area contributed by atoms with Crippen LogP contribution in [0, 0.1) is 6.92 Å². The smallest absolute Gasteiger partial charge is 0.240 e. The van der Waals surface area contributed by atoms with E-state index in [1.54, 1.807) is 18.4 Å². The van der Waals surface area contributed by atoms with Crippen LogP contribution in [-0.4, -0.2) is 14.5 Å². The van der Waals surface area contributed by atoms with Gasteiger partial charge in [-0.2, -0.15) is 0 Å². The first-order chi connectivity index (χ1) is 9.87. The average Bonchev–Trinajstić information content (AvgIpc) is 2.87. The van der Waals surface area contributed by atoms with Crippen molar-refractivity contribution in [3.8, 4) is 0 Å². The van der Waals surface area contributed by atoms with Crippen LogP contribution in [-0.2, 0) is 16.4 Å². The third-order valence-corrected chi connectivity index (χ3v) is 4.71. The molecule has 2 rings (SSSR count). The third kappa shape index (κ3) is 4.34. The quantitative estimate of drug-likeness (QED) is 0.803. The Morgan fingerprint density at radius 3 is 2.71 bits per heavy atom. The number of nitrogen functional groups attached to an aromatic ring is 1. The Balaban J connectivity index is 2.02. The van der Waals surface area contributed by atoms with Crippen molar-refractivity contribution in [1.29, 1.82) is 0 Å². The van der Waals surface area contributed by atoms with E-state index >= 15 is 0 Å². The molecule has 0 saturated carbocycles. The molecule has 3 N–H and O–H groups in total. The van der Waals surface area contributed by atoms with E-state index in [1.165, 1.54) is 6.07 Å². The molecule has 1 heterocycles. The standard InChI is InChI=1S/C15H20N2O3S/c1-11-8-13(16)10-15(9-11)21(18,19)17-12(2)5-6-14-4-3-7-20-14/h3-4,7-10,12,17H,5-6,16H2,1-2H3. The Morgan fingerprint density at radius 1 is 1.33 bits per heavy atom. The van der Waals surface area contributed by atoms with E-state index in [9.17, 15) is 8.42 Å². The van der Waals surface area contributed by atoms with Gasteiger partial charge < -0.3 is 10.2 Å². The maximum absolute atomic E-state index is 12.3. The molecule has 0 fully saturated rings. The highest BCUT2D eigenvalue weighted by molar-refractivity contribution is 7.89. The average molecular weight is 308 g/mol. The lowest BCUT2D eigenvalue weighted by Gasteiger charge is -2.14. The number of sulfonamides is 1. The van der Waals surface area contributed by atoms with Gasteiger partial charge in [-0.25, -0.2) is 13.1 Å². The number of aryl methyl sites for hydroxylation is 2. The molecule has 1 atom stereocenters. The van der Waals surface area contributed by atoms with Gasteiger partial charge in [0.25, 0.3) is 0 Å². The minimum Gasteiger partial charge on any atom is -0.469 e. The van der Waals surface area contributed by atoms with Crippen LogP contribution in [0.4, 0.5) is 5.69 Å². The molecule has 1 aromatic carbocycles. The van der Waals surface area contributed by atoms with Gasteiger partial charge in [0.2, 0.25) is 10.0 Å². The zero-order chi connectivity index (χ0) is 15.5. The van der Waals surface area contributed by atoms with Crippen LogP contribution >= 0.6 is 0 Å². The summed E-state index contributed by atoms with van der Waals surface area (Å²) in [5, 5.41) is 0. The molecule has 0 radical (unpaired) electrons. The maximum atomic E-state index is 12.3. The lowest BCUT2D eigenvalue weighted by molar-refractivity contribution is 0.480. The Bertz CT molecular complexity index is 673. The molecule has 1 aromatic heterocycles. The summed E-state index contributed by atoms with van der Waals surface area (Å²) in [5.74, 6) is 0.848. The summed E-state index contributed by atoms with van der Waals surface area (Å²) < 4.78 is 32.5. The summed E-state index contributed by atoms with van der Waals surface area (Å²) in [5.41, 5.74) is 6.97. The molecule has 0 saturated heterocycles. The van der Waals surface area contributed by atoms with E-state index in [2.05, 4.69) is 4.72 Å². The minimum atomic E-state index is -3.56. The molecule has 114 valence electrons. The molecule has 1 unspecified atom stereocenters. The Kier molecular flexibility index (Phi) is 4.69. The molecule has 0 aliphatic rings. The number of anilines is 1. The van der Waals surface area contributed by atoms with Gasteiger partial charge in [-0.15, -0.1) is 0 Å². The van der Waals surface area contributed by atoms with Crippen molar-refractivity contribution in [2.24, 2.45) is 0 Å². The minimum absolute atomic E-state index is 0.193. The van der Waals surface area contributed by atoms with Crippen LogP contribution in [0.25, 0.3) is 0 Å². The van der Waals surface area contributed by atoms with Crippen molar-refractivity contribution in [2.45, 2.75) is 37.6 Å². The van der Waals surface area contributed by atoms with Crippen molar-refractivity contribution < 1.29 is 12.8 Å². The van der Waals surface area contributed by atoms with Crippen LogP contribution in [0.3, 0.4) is 0 Å². The highest BCUT2D eigenvalue weighted by Gasteiger charge is 2.18. The Morgan fingerprint density at radius 2 is 2.10 bits per heavy atom. The van der Waals surface area contributed by atoms with Crippen LogP contribution in [0.5, 0.6) is 0 Å². The number of benzene rings is 1. The lowest BCUT2D eigenvalue weighted by atomic mass is 10.2. The topological polar surface area (TPSA) is 85.3 Å². The molecule has 0 spiro atoms. The van der Waals surface area contributed by atoms with Crippen molar-refractivity contribution in [2.75, 3.05) is 5.73 Å². The summed E-state index contributed by atoms with van der Waals surface area (Å²) in [6.07, 6.45) is 2.96. The predicted octanol–water partition coefficient (Wildman–Crippen LogP) is 2.47. The van der Waals surface area contributed by atoms with E-state index in [1.807, 2.05) is 26.0 Å². The van der Waals surface area contributed by atoms with Crippen molar-refractivity contribution in [1.82, 2.24) is 4.72 Å². The zero-order valence-corrected chi connectivity index (χ0v) is 13.0. The lowest BCUT2D eigenvalue weighted by Crippen LogP contribution is -2.33. The Labute approximate surface area is 125 Å².